The Kier molecular flexibility index (Phi) is 6.75. The molecule has 0 spiro atoms. The summed E-state index contributed by atoms with van der Waals surface area (Å²) >= 11 is 0. The van der Waals surface area contributed by atoms with Gasteiger partial charge in [0.05, 0.1) is 6.04 Å². The minimum atomic E-state index is -0.411. The van der Waals surface area contributed by atoms with Crippen molar-refractivity contribution >= 4 is 17.5 Å². The van der Waals surface area contributed by atoms with E-state index in [-0.39, 0.29) is 17.9 Å². The fraction of sp³-hybridized carbons (Fsp3) is 0.231. The summed E-state index contributed by atoms with van der Waals surface area (Å²) < 4.78 is 5.43. The molecule has 2 N–H and O–H groups in total. The molecule has 2 atom stereocenters. The fourth-order valence-electron chi connectivity index (χ4n) is 3.77. The molecular formula is C26H26N2O3. The zero-order chi connectivity index (χ0) is 21.5. The highest BCUT2D eigenvalue weighted by Gasteiger charge is 2.24. The van der Waals surface area contributed by atoms with E-state index in [2.05, 4.69) is 22.8 Å². The quantitative estimate of drug-likeness (QED) is 0.597. The molecule has 31 heavy (non-hydrogen) atoms. The van der Waals surface area contributed by atoms with Gasteiger partial charge in [-0.05, 0) is 48.6 Å². The predicted octanol–water partition coefficient (Wildman–Crippen LogP) is 4.52. The normalized spacial score (nSPS) is 16.5. The first kappa shape index (κ1) is 20.8. The van der Waals surface area contributed by atoms with E-state index in [0.29, 0.717) is 24.3 Å². The van der Waals surface area contributed by atoms with Gasteiger partial charge in [0.2, 0.25) is 0 Å². The van der Waals surface area contributed by atoms with Crippen LogP contribution in [0.5, 0.6) is 0 Å². The third-order valence-electron chi connectivity index (χ3n) is 5.40. The second-order valence-corrected chi connectivity index (χ2v) is 7.70. The van der Waals surface area contributed by atoms with Gasteiger partial charge in [-0.2, -0.15) is 0 Å². The molecule has 0 aliphatic carbocycles. The number of amides is 2. The Balaban J connectivity index is 1.48. The minimum absolute atomic E-state index is 0.165. The van der Waals surface area contributed by atoms with Crippen LogP contribution in [-0.2, 0) is 16.0 Å². The van der Waals surface area contributed by atoms with Gasteiger partial charge >= 0.3 is 0 Å². The summed E-state index contributed by atoms with van der Waals surface area (Å²) in [7, 11) is 0. The topological polar surface area (TPSA) is 67.4 Å². The van der Waals surface area contributed by atoms with Crippen molar-refractivity contribution in [1.29, 1.82) is 0 Å². The van der Waals surface area contributed by atoms with E-state index in [1.54, 1.807) is 24.3 Å². The van der Waals surface area contributed by atoms with Crippen LogP contribution in [0.3, 0.4) is 0 Å². The van der Waals surface area contributed by atoms with Crippen LogP contribution in [-0.4, -0.2) is 24.5 Å². The Labute approximate surface area is 182 Å². The molecule has 5 nitrogen and oxygen atoms in total. The monoisotopic (exact) mass is 414 g/mol. The Bertz CT molecular complexity index is 1020. The Morgan fingerprint density at radius 2 is 1.68 bits per heavy atom. The van der Waals surface area contributed by atoms with Crippen molar-refractivity contribution in [3.63, 3.8) is 0 Å². The van der Waals surface area contributed by atoms with Crippen LogP contribution in [0.15, 0.2) is 84.9 Å². The smallest absolute Gasteiger partial charge is 0.253 e. The average molecular weight is 415 g/mol. The van der Waals surface area contributed by atoms with Crippen LogP contribution in [0, 0.1) is 0 Å². The zero-order valence-electron chi connectivity index (χ0n) is 17.3. The van der Waals surface area contributed by atoms with Gasteiger partial charge in [0.25, 0.3) is 11.8 Å². The van der Waals surface area contributed by atoms with E-state index in [0.717, 1.165) is 24.0 Å². The van der Waals surface area contributed by atoms with Crippen LogP contribution in [0.25, 0.3) is 0 Å². The van der Waals surface area contributed by atoms with Gasteiger partial charge in [0, 0.05) is 17.9 Å². The van der Waals surface area contributed by atoms with Gasteiger partial charge in [-0.25, -0.2) is 0 Å². The van der Waals surface area contributed by atoms with Gasteiger partial charge in [0.1, 0.15) is 6.10 Å². The molecule has 158 valence electrons. The number of carbonyl (C=O) groups is 2. The largest absolute Gasteiger partial charge is 0.368 e. The molecule has 3 aromatic rings. The molecule has 0 unspecified atom stereocenters. The zero-order valence-corrected chi connectivity index (χ0v) is 17.3. The SMILES string of the molecule is O=C(N[C@H](Cc1ccccc1)c1ccccc1)c1cccc(NC(=O)[C@H]2CCCO2)c1. The van der Waals surface area contributed by atoms with Gasteiger partial charge in [0.15, 0.2) is 0 Å². The second kappa shape index (κ2) is 10.0. The first-order valence-corrected chi connectivity index (χ1v) is 10.6. The molecule has 1 saturated heterocycles. The van der Waals surface area contributed by atoms with E-state index in [4.69, 9.17) is 4.74 Å². The Hall–Kier alpha value is -3.44. The molecule has 3 aromatic carbocycles. The van der Waals surface area contributed by atoms with Gasteiger partial charge in [-0.1, -0.05) is 66.7 Å². The number of benzene rings is 3. The van der Waals surface area contributed by atoms with Gasteiger partial charge in [-0.15, -0.1) is 0 Å². The first-order chi connectivity index (χ1) is 15.2. The summed E-state index contributed by atoms with van der Waals surface area (Å²) in [6.07, 6.45) is 1.89. The predicted molar refractivity (Wildman–Crippen MR) is 121 cm³/mol. The van der Waals surface area contributed by atoms with Crippen LogP contribution in [0.2, 0.25) is 0 Å². The van der Waals surface area contributed by atoms with Crippen LogP contribution >= 0.6 is 0 Å². The molecular weight excluding hydrogens is 388 g/mol. The number of hydrogen-bond donors (Lipinski definition) is 2. The molecule has 1 heterocycles. The fourth-order valence-corrected chi connectivity index (χ4v) is 3.77. The van der Waals surface area contributed by atoms with Crippen molar-refractivity contribution in [2.24, 2.45) is 0 Å². The molecule has 0 bridgehead atoms. The van der Waals surface area contributed by atoms with Crippen molar-refractivity contribution in [3.05, 3.63) is 102 Å². The molecule has 0 aromatic heterocycles. The molecule has 4 rings (SSSR count). The lowest BCUT2D eigenvalue weighted by atomic mass is 9.98. The van der Waals surface area contributed by atoms with Crippen LogP contribution in [0.4, 0.5) is 5.69 Å². The van der Waals surface area contributed by atoms with Crippen molar-refractivity contribution < 1.29 is 14.3 Å². The van der Waals surface area contributed by atoms with Crippen molar-refractivity contribution in [2.45, 2.75) is 31.4 Å². The van der Waals surface area contributed by atoms with Crippen LogP contribution < -0.4 is 10.6 Å². The summed E-state index contributed by atoms with van der Waals surface area (Å²) in [6, 6.07) is 26.9. The van der Waals surface area contributed by atoms with Crippen molar-refractivity contribution in [1.82, 2.24) is 5.32 Å². The van der Waals surface area contributed by atoms with E-state index >= 15 is 0 Å². The lowest BCUT2D eigenvalue weighted by molar-refractivity contribution is -0.124. The third kappa shape index (κ3) is 5.58. The maximum Gasteiger partial charge on any atom is 0.253 e. The molecule has 2 amide bonds. The summed E-state index contributed by atoms with van der Waals surface area (Å²) in [6.45, 7) is 0.614. The standard InChI is InChI=1S/C26H26N2O3/c29-25(21-13-7-14-22(18-21)27-26(30)24-15-8-16-31-24)28-23(20-11-5-2-6-12-20)17-19-9-3-1-4-10-19/h1-7,9-14,18,23-24H,8,15-17H2,(H,27,30)(H,28,29)/t23-,24-/m1/s1. The summed E-state index contributed by atoms with van der Waals surface area (Å²) in [5.74, 6) is -0.348. The first-order valence-electron chi connectivity index (χ1n) is 10.6. The lowest BCUT2D eigenvalue weighted by Crippen LogP contribution is -2.30. The molecule has 0 saturated carbocycles. The van der Waals surface area contributed by atoms with Crippen molar-refractivity contribution in [3.8, 4) is 0 Å². The summed E-state index contributed by atoms with van der Waals surface area (Å²) in [4.78, 5) is 25.4. The Morgan fingerprint density at radius 3 is 2.39 bits per heavy atom. The average Bonchev–Trinajstić information content (AvgIpc) is 3.35. The number of ether oxygens (including phenoxy) is 1. The van der Waals surface area contributed by atoms with Gasteiger partial charge in [-0.3, -0.25) is 9.59 Å². The molecule has 1 fully saturated rings. The highest BCUT2D eigenvalue weighted by atomic mass is 16.5. The van der Waals surface area contributed by atoms with Gasteiger partial charge < -0.3 is 15.4 Å². The molecule has 1 aliphatic rings. The Morgan fingerprint density at radius 1 is 0.935 bits per heavy atom. The number of nitrogens with one attached hydrogen (secondary N) is 2. The number of rotatable bonds is 7. The maximum absolute atomic E-state index is 13.1. The van der Waals surface area contributed by atoms with Crippen LogP contribution in [0.1, 0.15) is 40.4 Å². The number of carbonyl (C=O) groups excluding carboxylic acids is 2. The highest BCUT2D eigenvalue weighted by Crippen LogP contribution is 2.20. The molecule has 5 heteroatoms. The highest BCUT2D eigenvalue weighted by molar-refractivity contribution is 5.98. The van der Waals surface area contributed by atoms with Crippen molar-refractivity contribution in [2.75, 3.05) is 11.9 Å². The lowest BCUT2D eigenvalue weighted by Gasteiger charge is -2.20. The minimum Gasteiger partial charge on any atom is -0.368 e. The molecule has 0 radical (unpaired) electrons. The third-order valence-corrected chi connectivity index (χ3v) is 5.40. The number of anilines is 1. The molecule has 1 aliphatic heterocycles. The number of hydrogen-bond acceptors (Lipinski definition) is 3. The van der Waals surface area contributed by atoms with E-state index < -0.39 is 6.10 Å². The maximum atomic E-state index is 13.1. The van der Waals surface area contributed by atoms with E-state index in [9.17, 15) is 9.59 Å². The summed E-state index contributed by atoms with van der Waals surface area (Å²) in [5, 5.41) is 6.02. The van der Waals surface area contributed by atoms with E-state index in [1.807, 2.05) is 48.5 Å². The van der Waals surface area contributed by atoms with E-state index in [1.165, 1.54) is 0 Å². The summed E-state index contributed by atoms with van der Waals surface area (Å²) in [5.41, 5.74) is 3.28. The second-order valence-electron chi connectivity index (χ2n) is 7.70.